The van der Waals surface area contributed by atoms with Crippen LogP contribution in [-0.2, 0) is 4.79 Å². The lowest BCUT2D eigenvalue weighted by Crippen LogP contribution is -2.26. The van der Waals surface area contributed by atoms with Gasteiger partial charge in [0.2, 0.25) is 5.91 Å². The molecule has 0 aliphatic heterocycles. The zero-order valence-electron chi connectivity index (χ0n) is 9.03. The topological polar surface area (TPSA) is 54.0 Å². The van der Waals surface area contributed by atoms with Crippen LogP contribution >= 0.6 is 0 Å². The van der Waals surface area contributed by atoms with E-state index in [-0.39, 0.29) is 12.5 Å². The maximum atomic E-state index is 11.1. The molecule has 0 saturated heterocycles. The highest BCUT2D eigenvalue weighted by molar-refractivity contribution is 5.93. The van der Waals surface area contributed by atoms with Gasteiger partial charge in [0.1, 0.15) is 5.82 Å². The summed E-state index contributed by atoms with van der Waals surface area (Å²) in [7, 11) is 1.61. The van der Waals surface area contributed by atoms with Gasteiger partial charge in [0.15, 0.2) is 0 Å². The molecule has 1 aromatic heterocycles. The molecule has 0 atom stereocenters. The summed E-state index contributed by atoms with van der Waals surface area (Å²) in [6, 6.07) is 9.87. The normalized spacial score (nSPS) is 10.1. The number of hydrogen-bond donors (Lipinski definition) is 2. The number of benzene rings is 1. The average Bonchev–Trinajstić information content (AvgIpc) is 2.35. The molecule has 4 nitrogen and oxygen atoms in total. The Bertz CT molecular complexity index is 505. The summed E-state index contributed by atoms with van der Waals surface area (Å²) in [6.45, 7) is 0.234. The van der Waals surface area contributed by atoms with Gasteiger partial charge in [-0.15, -0.1) is 0 Å². The third-order valence-corrected chi connectivity index (χ3v) is 2.37. The van der Waals surface area contributed by atoms with Gasteiger partial charge in [-0.25, -0.2) is 4.98 Å². The van der Waals surface area contributed by atoms with Crippen molar-refractivity contribution in [3.05, 3.63) is 36.5 Å². The molecule has 0 fully saturated rings. The maximum Gasteiger partial charge on any atom is 0.239 e. The molecule has 0 radical (unpaired) electrons. The Hall–Kier alpha value is -2.10. The van der Waals surface area contributed by atoms with Crippen molar-refractivity contribution in [3.63, 3.8) is 0 Å². The summed E-state index contributed by atoms with van der Waals surface area (Å²) < 4.78 is 0. The SMILES string of the molecule is CNC(=O)CNc1nccc2ccccc12. The van der Waals surface area contributed by atoms with Crippen LogP contribution in [0.25, 0.3) is 10.8 Å². The molecule has 0 unspecified atom stereocenters. The third-order valence-electron chi connectivity index (χ3n) is 2.37. The van der Waals surface area contributed by atoms with Crippen molar-refractivity contribution in [2.75, 3.05) is 18.9 Å². The van der Waals surface area contributed by atoms with Crippen LogP contribution in [0, 0.1) is 0 Å². The van der Waals surface area contributed by atoms with E-state index in [9.17, 15) is 4.79 Å². The molecule has 16 heavy (non-hydrogen) atoms. The Morgan fingerprint density at radius 2 is 2.12 bits per heavy atom. The van der Waals surface area contributed by atoms with E-state index in [0.717, 1.165) is 16.6 Å². The van der Waals surface area contributed by atoms with E-state index in [1.807, 2.05) is 30.3 Å². The Morgan fingerprint density at radius 3 is 2.94 bits per heavy atom. The maximum absolute atomic E-state index is 11.1. The van der Waals surface area contributed by atoms with E-state index in [0.29, 0.717) is 0 Å². The van der Waals surface area contributed by atoms with Gasteiger partial charge in [-0.3, -0.25) is 4.79 Å². The first kappa shape index (κ1) is 10.4. The molecule has 1 aromatic carbocycles. The average molecular weight is 215 g/mol. The van der Waals surface area contributed by atoms with Crippen LogP contribution in [0.3, 0.4) is 0 Å². The van der Waals surface area contributed by atoms with Crippen LogP contribution in [0.2, 0.25) is 0 Å². The van der Waals surface area contributed by atoms with Gasteiger partial charge in [0, 0.05) is 18.6 Å². The van der Waals surface area contributed by atoms with Crippen molar-refractivity contribution in [2.45, 2.75) is 0 Å². The molecule has 82 valence electrons. The van der Waals surface area contributed by atoms with Gasteiger partial charge < -0.3 is 10.6 Å². The van der Waals surface area contributed by atoms with Crippen LogP contribution < -0.4 is 10.6 Å². The van der Waals surface area contributed by atoms with Crippen molar-refractivity contribution in [1.29, 1.82) is 0 Å². The number of aromatic nitrogens is 1. The minimum absolute atomic E-state index is 0.0604. The first-order valence-electron chi connectivity index (χ1n) is 5.09. The van der Waals surface area contributed by atoms with Gasteiger partial charge in [-0.1, -0.05) is 24.3 Å². The molecule has 0 bridgehead atoms. The lowest BCUT2D eigenvalue weighted by atomic mass is 10.1. The molecular formula is C12H13N3O. The van der Waals surface area contributed by atoms with Crippen LogP contribution in [0.4, 0.5) is 5.82 Å². The molecule has 2 N–H and O–H groups in total. The second-order valence-electron chi connectivity index (χ2n) is 3.41. The van der Waals surface area contributed by atoms with Gasteiger partial charge in [-0.05, 0) is 11.5 Å². The predicted octanol–water partition coefficient (Wildman–Crippen LogP) is 1.39. The van der Waals surface area contributed by atoms with Crippen molar-refractivity contribution < 1.29 is 4.79 Å². The predicted molar refractivity (Wildman–Crippen MR) is 64.3 cm³/mol. The molecule has 2 aromatic rings. The summed E-state index contributed by atoms with van der Waals surface area (Å²) in [4.78, 5) is 15.3. The molecule has 0 aliphatic rings. The monoisotopic (exact) mass is 215 g/mol. The van der Waals surface area contributed by atoms with E-state index < -0.39 is 0 Å². The lowest BCUT2D eigenvalue weighted by molar-refractivity contribution is -0.118. The molecule has 2 rings (SSSR count). The van der Waals surface area contributed by atoms with Crippen molar-refractivity contribution in [2.24, 2.45) is 0 Å². The number of fused-ring (bicyclic) bond motifs is 1. The van der Waals surface area contributed by atoms with Crippen LogP contribution in [-0.4, -0.2) is 24.5 Å². The molecular weight excluding hydrogens is 202 g/mol. The number of nitrogens with zero attached hydrogens (tertiary/aromatic N) is 1. The van der Waals surface area contributed by atoms with Crippen molar-refractivity contribution >= 4 is 22.5 Å². The van der Waals surface area contributed by atoms with Gasteiger partial charge in [0.05, 0.1) is 6.54 Å². The van der Waals surface area contributed by atoms with Crippen molar-refractivity contribution in [3.8, 4) is 0 Å². The zero-order chi connectivity index (χ0) is 11.4. The molecule has 1 amide bonds. The summed E-state index contributed by atoms with van der Waals surface area (Å²) in [6.07, 6.45) is 1.73. The minimum Gasteiger partial charge on any atom is -0.360 e. The molecule has 0 saturated carbocycles. The highest BCUT2D eigenvalue weighted by atomic mass is 16.1. The van der Waals surface area contributed by atoms with Crippen LogP contribution in [0.5, 0.6) is 0 Å². The van der Waals surface area contributed by atoms with Crippen LogP contribution in [0.15, 0.2) is 36.5 Å². The summed E-state index contributed by atoms with van der Waals surface area (Å²) >= 11 is 0. The third kappa shape index (κ3) is 2.11. The van der Waals surface area contributed by atoms with Gasteiger partial charge in [-0.2, -0.15) is 0 Å². The number of carbonyl (C=O) groups excluding carboxylic acids is 1. The number of carbonyl (C=O) groups is 1. The first-order chi connectivity index (χ1) is 7.81. The Labute approximate surface area is 93.7 Å². The Morgan fingerprint density at radius 1 is 1.31 bits per heavy atom. The number of rotatable bonds is 3. The van der Waals surface area contributed by atoms with E-state index >= 15 is 0 Å². The Balaban J connectivity index is 2.27. The quantitative estimate of drug-likeness (QED) is 0.813. The summed E-state index contributed by atoms with van der Waals surface area (Å²) in [5.41, 5.74) is 0. The van der Waals surface area contributed by atoms with Crippen LogP contribution in [0.1, 0.15) is 0 Å². The number of nitrogens with one attached hydrogen (secondary N) is 2. The fourth-order valence-corrected chi connectivity index (χ4v) is 1.51. The van der Waals surface area contributed by atoms with Crippen molar-refractivity contribution in [1.82, 2.24) is 10.3 Å². The largest absolute Gasteiger partial charge is 0.360 e. The first-order valence-corrected chi connectivity index (χ1v) is 5.09. The number of amides is 1. The van der Waals surface area contributed by atoms with E-state index in [4.69, 9.17) is 0 Å². The second kappa shape index (κ2) is 4.61. The summed E-state index contributed by atoms with van der Waals surface area (Å²) in [5.74, 6) is 0.677. The second-order valence-corrected chi connectivity index (χ2v) is 3.41. The number of hydrogen-bond acceptors (Lipinski definition) is 3. The number of anilines is 1. The van der Waals surface area contributed by atoms with Gasteiger partial charge in [0.25, 0.3) is 0 Å². The molecule has 0 aliphatic carbocycles. The smallest absolute Gasteiger partial charge is 0.239 e. The van der Waals surface area contributed by atoms with E-state index in [1.54, 1.807) is 13.2 Å². The van der Waals surface area contributed by atoms with Gasteiger partial charge >= 0.3 is 0 Å². The van der Waals surface area contributed by atoms with E-state index in [2.05, 4.69) is 15.6 Å². The summed E-state index contributed by atoms with van der Waals surface area (Å²) in [5, 5.41) is 7.70. The molecule has 4 heteroatoms. The number of pyridine rings is 1. The Kier molecular flexibility index (Phi) is 3.00. The number of likely N-dealkylation sites (N-methyl/N-ethyl adjacent to an activating group) is 1. The molecule has 1 heterocycles. The fourth-order valence-electron chi connectivity index (χ4n) is 1.51. The fraction of sp³-hybridized carbons (Fsp3) is 0.167. The van der Waals surface area contributed by atoms with E-state index in [1.165, 1.54) is 0 Å². The highest BCUT2D eigenvalue weighted by Gasteiger charge is 2.02. The minimum atomic E-state index is -0.0604. The zero-order valence-corrected chi connectivity index (χ0v) is 9.03. The highest BCUT2D eigenvalue weighted by Crippen LogP contribution is 2.19. The standard InChI is InChI=1S/C12H13N3O/c1-13-11(16)8-15-12-10-5-3-2-4-9(10)6-7-14-12/h2-7H,8H2,1H3,(H,13,16)(H,14,15). The lowest BCUT2D eigenvalue weighted by Gasteiger charge is -2.07. The molecule has 0 spiro atoms.